The van der Waals surface area contributed by atoms with Gasteiger partial charge in [-0.15, -0.1) is 0 Å². The van der Waals surface area contributed by atoms with E-state index in [-0.39, 0.29) is 12.0 Å². The van der Waals surface area contributed by atoms with Crippen LogP contribution in [0.15, 0.2) is 18.2 Å². The van der Waals surface area contributed by atoms with E-state index in [9.17, 15) is 4.79 Å². The molecule has 1 aliphatic rings. The molecule has 1 N–H and O–H groups in total. The van der Waals surface area contributed by atoms with Gasteiger partial charge in [-0.05, 0) is 37.0 Å². The number of amides is 1. The highest BCUT2D eigenvalue weighted by Gasteiger charge is 2.18. The molecule has 5 heteroatoms. The summed E-state index contributed by atoms with van der Waals surface area (Å²) in [6, 6.07) is 5.40. The normalized spacial score (nSPS) is 18.5. The molecule has 1 aliphatic heterocycles. The molecule has 0 bridgehead atoms. The van der Waals surface area contributed by atoms with Gasteiger partial charge in [-0.3, -0.25) is 4.79 Å². The van der Waals surface area contributed by atoms with E-state index in [1.54, 1.807) is 12.1 Å². The summed E-state index contributed by atoms with van der Waals surface area (Å²) in [6.45, 7) is 1.35. The van der Waals surface area contributed by atoms with Gasteiger partial charge in [-0.2, -0.15) is 0 Å². The van der Waals surface area contributed by atoms with Crippen molar-refractivity contribution >= 4 is 29.1 Å². The largest absolute Gasteiger partial charge is 0.378 e. The molecule has 0 spiro atoms. The van der Waals surface area contributed by atoms with E-state index in [4.69, 9.17) is 27.9 Å². The van der Waals surface area contributed by atoms with Crippen molar-refractivity contribution in [2.24, 2.45) is 0 Å². The Morgan fingerprint density at radius 1 is 1.42 bits per heavy atom. The van der Waals surface area contributed by atoms with Crippen molar-refractivity contribution < 1.29 is 9.53 Å². The van der Waals surface area contributed by atoms with E-state index in [0.29, 0.717) is 29.4 Å². The molecule has 1 fully saturated rings. The molecule has 19 heavy (non-hydrogen) atoms. The number of halogens is 2. The quantitative estimate of drug-likeness (QED) is 0.907. The summed E-state index contributed by atoms with van der Waals surface area (Å²) in [5.74, 6) is 0.0389. The van der Waals surface area contributed by atoms with Gasteiger partial charge in [-0.25, -0.2) is 0 Å². The smallest absolute Gasteiger partial charge is 0.222 e. The van der Waals surface area contributed by atoms with E-state index < -0.39 is 0 Å². The minimum Gasteiger partial charge on any atom is -0.378 e. The zero-order chi connectivity index (χ0) is 13.7. The van der Waals surface area contributed by atoms with Crippen LogP contribution in [0, 0.1) is 0 Å². The zero-order valence-corrected chi connectivity index (χ0v) is 12.1. The molecule has 104 valence electrons. The highest BCUT2D eigenvalue weighted by molar-refractivity contribution is 6.35. The van der Waals surface area contributed by atoms with Gasteiger partial charge < -0.3 is 10.1 Å². The van der Waals surface area contributed by atoms with Gasteiger partial charge in [0.05, 0.1) is 12.5 Å². The number of hydrogen-bond donors (Lipinski definition) is 1. The van der Waals surface area contributed by atoms with Gasteiger partial charge in [-0.1, -0.05) is 29.3 Å². The van der Waals surface area contributed by atoms with Crippen LogP contribution in [0.25, 0.3) is 0 Å². The summed E-state index contributed by atoms with van der Waals surface area (Å²) in [7, 11) is 0. The minimum absolute atomic E-state index is 0.0389. The van der Waals surface area contributed by atoms with Crippen molar-refractivity contribution in [3.63, 3.8) is 0 Å². The van der Waals surface area contributed by atoms with Crippen molar-refractivity contribution in [1.29, 1.82) is 0 Å². The van der Waals surface area contributed by atoms with Crippen molar-refractivity contribution in [3.8, 4) is 0 Å². The molecule has 0 aromatic heterocycles. The van der Waals surface area contributed by atoms with Gasteiger partial charge in [0.25, 0.3) is 0 Å². The number of carbonyl (C=O) groups excluding carboxylic acids is 1. The molecule has 1 aromatic rings. The molecular formula is C14H17Cl2NO2. The summed E-state index contributed by atoms with van der Waals surface area (Å²) in [5, 5.41) is 4.15. The van der Waals surface area contributed by atoms with E-state index >= 15 is 0 Å². The molecule has 1 saturated heterocycles. The second-order valence-corrected chi connectivity index (χ2v) is 5.52. The molecule has 1 heterocycles. The predicted octanol–water partition coefficient (Wildman–Crippen LogP) is 3.22. The third-order valence-corrected chi connectivity index (χ3v) is 3.76. The van der Waals surface area contributed by atoms with E-state index in [2.05, 4.69) is 5.32 Å². The van der Waals surface area contributed by atoms with Crippen molar-refractivity contribution in [2.45, 2.75) is 31.8 Å². The Bertz CT molecular complexity index is 445. The molecule has 3 nitrogen and oxygen atoms in total. The second-order valence-electron chi connectivity index (χ2n) is 4.67. The van der Waals surface area contributed by atoms with Crippen LogP contribution in [0.4, 0.5) is 0 Å². The van der Waals surface area contributed by atoms with Crippen LogP contribution in [-0.2, 0) is 16.0 Å². The SMILES string of the molecule is O=C(CC1CCCO1)NCCc1ccc(Cl)cc1Cl. The Morgan fingerprint density at radius 3 is 2.95 bits per heavy atom. The number of benzene rings is 1. The fourth-order valence-corrected chi connectivity index (χ4v) is 2.65. The summed E-state index contributed by atoms with van der Waals surface area (Å²) in [5.41, 5.74) is 0.989. The lowest BCUT2D eigenvalue weighted by Gasteiger charge is -2.10. The maximum absolute atomic E-state index is 11.7. The first-order valence-corrected chi connectivity index (χ1v) is 7.23. The average molecular weight is 302 g/mol. The monoisotopic (exact) mass is 301 g/mol. The number of rotatable bonds is 5. The van der Waals surface area contributed by atoms with Gasteiger partial charge in [0.1, 0.15) is 0 Å². The standard InChI is InChI=1S/C14H17Cl2NO2/c15-11-4-3-10(13(16)8-11)5-6-17-14(18)9-12-2-1-7-19-12/h3-4,8,12H,1-2,5-7,9H2,(H,17,18). The number of ether oxygens (including phenoxy) is 1. The van der Waals surface area contributed by atoms with Gasteiger partial charge >= 0.3 is 0 Å². The molecule has 1 amide bonds. The predicted molar refractivity (Wildman–Crippen MR) is 76.8 cm³/mol. The van der Waals surface area contributed by atoms with Gasteiger partial charge in [0.15, 0.2) is 0 Å². The molecule has 2 rings (SSSR count). The van der Waals surface area contributed by atoms with Crippen molar-refractivity contribution in [2.75, 3.05) is 13.2 Å². The number of hydrogen-bond acceptors (Lipinski definition) is 2. The van der Waals surface area contributed by atoms with Crippen LogP contribution in [0.5, 0.6) is 0 Å². The third kappa shape index (κ3) is 4.68. The van der Waals surface area contributed by atoms with Crippen molar-refractivity contribution in [3.05, 3.63) is 33.8 Å². The maximum atomic E-state index is 11.7. The van der Waals surface area contributed by atoms with E-state index in [0.717, 1.165) is 25.0 Å². The first-order valence-electron chi connectivity index (χ1n) is 6.47. The minimum atomic E-state index is 0.0389. The van der Waals surface area contributed by atoms with E-state index in [1.165, 1.54) is 0 Å². The highest BCUT2D eigenvalue weighted by atomic mass is 35.5. The third-order valence-electron chi connectivity index (χ3n) is 3.17. The topological polar surface area (TPSA) is 38.3 Å². The lowest BCUT2D eigenvalue weighted by atomic mass is 10.1. The van der Waals surface area contributed by atoms with Gasteiger partial charge in [0.2, 0.25) is 5.91 Å². The maximum Gasteiger partial charge on any atom is 0.222 e. The Labute approximate surface area is 123 Å². The Kier molecular flexibility index (Phi) is 5.49. The summed E-state index contributed by atoms with van der Waals surface area (Å²) < 4.78 is 5.42. The number of carbonyl (C=O) groups is 1. The average Bonchev–Trinajstić information content (AvgIpc) is 2.84. The van der Waals surface area contributed by atoms with Crippen LogP contribution in [0.3, 0.4) is 0 Å². The Hall–Kier alpha value is -0.770. The number of nitrogens with one attached hydrogen (secondary N) is 1. The van der Waals surface area contributed by atoms with Crippen LogP contribution in [0.2, 0.25) is 10.0 Å². The first kappa shape index (κ1) is 14.6. The molecule has 1 atom stereocenters. The van der Waals surface area contributed by atoms with Crippen LogP contribution >= 0.6 is 23.2 Å². The molecule has 0 saturated carbocycles. The molecule has 1 aromatic carbocycles. The first-order chi connectivity index (χ1) is 9.15. The molecule has 0 aliphatic carbocycles. The Balaban J connectivity index is 1.72. The highest BCUT2D eigenvalue weighted by Crippen LogP contribution is 2.21. The second kappa shape index (κ2) is 7.13. The summed E-state index contributed by atoms with van der Waals surface area (Å²) >= 11 is 11.9. The lowest BCUT2D eigenvalue weighted by molar-refractivity contribution is -0.123. The lowest BCUT2D eigenvalue weighted by Crippen LogP contribution is -2.29. The molecular weight excluding hydrogens is 285 g/mol. The Morgan fingerprint density at radius 2 is 2.26 bits per heavy atom. The summed E-state index contributed by atoms with van der Waals surface area (Å²) in [6.07, 6.45) is 3.29. The van der Waals surface area contributed by atoms with Crippen LogP contribution in [-0.4, -0.2) is 25.2 Å². The molecule has 0 radical (unpaired) electrons. The fourth-order valence-electron chi connectivity index (χ4n) is 2.15. The van der Waals surface area contributed by atoms with Crippen molar-refractivity contribution in [1.82, 2.24) is 5.32 Å². The van der Waals surface area contributed by atoms with E-state index in [1.807, 2.05) is 6.07 Å². The van der Waals surface area contributed by atoms with Crippen LogP contribution < -0.4 is 5.32 Å². The zero-order valence-electron chi connectivity index (χ0n) is 10.6. The summed E-state index contributed by atoms with van der Waals surface area (Å²) in [4.78, 5) is 11.7. The van der Waals surface area contributed by atoms with Gasteiger partial charge in [0, 0.05) is 23.2 Å². The molecule has 1 unspecified atom stereocenters. The van der Waals surface area contributed by atoms with Crippen LogP contribution in [0.1, 0.15) is 24.8 Å². The fraction of sp³-hybridized carbons (Fsp3) is 0.500.